The molecule has 130 valence electrons. The van der Waals surface area contributed by atoms with E-state index in [1.54, 1.807) is 12.1 Å². The van der Waals surface area contributed by atoms with Gasteiger partial charge in [-0.05, 0) is 37.8 Å². The zero-order valence-electron chi connectivity index (χ0n) is 14.2. The molecule has 23 heavy (non-hydrogen) atoms. The average molecular weight is 340 g/mol. The van der Waals surface area contributed by atoms with Gasteiger partial charge in [0.1, 0.15) is 0 Å². The second kappa shape index (κ2) is 7.75. The molecule has 0 saturated carbocycles. The molecule has 2 rings (SSSR count). The van der Waals surface area contributed by atoms with Crippen molar-refractivity contribution in [3.63, 3.8) is 0 Å². The fraction of sp³-hybridized carbons (Fsp3) is 0.647. The summed E-state index contributed by atoms with van der Waals surface area (Å²) < 4.78 is 28.0. The third-order valence-electron chi connectivity index (χ3n) is 4.14. The van der Waals surface area contributed by atoms with Crippen molar-refractivity contribution in [1.82, 2.24) is 9.62 Å². The Hall–Kier alpha value is -0.950. The van der Waals surface area contributed by atoms with Crippen LogP contribution in [0.25, 0.3) is 0 Å². The number of nitrogens with one attached hydrogen (secondary N) is 1. The van der Waals surface area contributed by atoms with E-state index in [1.807, 2.05) is 19.1 Å². The average Bonchev–Trinajstić information content (AvgIpc) is 2.83. The largest absolute Gasteiger partial charge is 0.392 e. The summed E-state index contributed by atoms with van der Waals surface area (Å²) in [5.74, 6) is 0.397. The van der Waals surface area contributed by atoms with Gasteiger partial charge in [-0.2, -0.15) is 0 Å². The molecule has 0 aliphatic carbocycles. The quantitative estimate of drug-likeness (QED) is 0.793. The number of β-amino-alcohol motifs (C(OH)–C–C–N with tert-alkyl or cyclic N) is 1. The van der Waals surface area contributed by atoms with E-state index < -0.39 is 10.0 Å². The van der Waals surface area contributed by atoms with Gasteiger partial charge in [0, 0.05) is 25.7 Å². The summed E-state index contributed by atoms with van der Waals surface area (Å²) in [4.78, 5) is 2.44. The topological polar surface area (TPSA) is 69.6 Å². The number of aliphatic hydroxyl groups excluding tert-OH is 1. The summed E-state index contributed by atoms with van der Waals surface area (Å²) in [7, 11) is -3.52. The van der Waals surface area contributed by atoms with Crippen molar-refractivity contribution >= 4 is 10.0 Å². The Labute approximate surface area is 139 Å². The molecule has 1 heterocycles. The van der Waals surface area contributed by atoms with E-state index in [0.29, 0.717) is 23.9 Å². The van der Waals surface area contributed by atoms with E-state index in [-0.39, 0.29) is 12.1 Å². The van der Waals surface area contributed by atoms with E-state index in [4.69, 9.17) is 0 Å². The molecule has 2 N–H and O–H groups in total. The van der Waals surface area contributed by atoms with Crippen molar-refractivity contribution in [2.75, 3.05) is 19.6 Å². The number of hydrogen-bond acceptors (Lipinski definition) is 4. The van der Waals surface area contributed by atoms with Crippen LogP contribution in [0, 0.1) is 12.8 Å². The Balaban J connectivity index is 2.07. The summed E-state index contributed by atoms with van der Waals surface area (Å²) in [6, 6.07) is 6.76. The minimum Gasteiger partial charge on any atom is -0.392 e. The highest BCUT2D eigenvalue weighted by Crippen LogP contribution is 2.16. The van der Waals surface area contributed by atoms with Crippen molar-refractivity contribution < 1.29 is 13.5 Å². The fourth-order valence-corrected chi connectivity index (χ4v) is 4.26. The molecule has 0 bridgehead atoms. The van der Waals surface area contributed by atoms with E-state index in [0.717, 1.165) is 24.9 Å². The second-order valence-electron chi connectivity index (χ2n) is 6.96. The first-order valence-electron chi connectivity index (χ1n) is 8.25. The van der Waals surface area contributed by atoms with Crippen LogP contribution in [-0.2, 0) is 10.0 Å². The number of aryl methyl sites for hydroxylation is 1. The predicted octanol–water partition coefficient (Wildman–Crippen LogP) is 1.75. The van der Waals surface area contributed by atoms with Gasteiger partial charge < -0.3 is 5.11 Å². The molecule has 0 amide bonds. The van der Waals surface area contributed by atoms with Gasteiger partial charge in [-0.3, -0.25) is 4.90 Å². The third kappa shape index (κ3) is 5.57. The van der Waals surface area contributed by atoms with Crippen LogP contribution in [0.5, 0.6) is 0 Å². The van der Waals surface area contributed by atoms with Crippen LogP contribution in [0.3, 0.4) is 0 Å². The van der Waals surface area contributed by atoms with E-state index in [1.165, 1.54) is 0 Å². The van der Waals surface area contributed by atoms with Gasteiger partial charge >= 0.3 is 0 Å². The molecule has 0 spiro atoms. The number of hydrogen-bond donors (Lipinski definition) is 2. The normalized spacial score (nSPS) is 21.0. The summed E-state index contributed by atoms with van der Waals surface area (Å²) in [5.41, 5.74) is 1.04. The molecule has 6 heteroatoms. The van der Waals surface area contributed by atoms with Crippen LogP contribution in [0.2, 0.25) is 0 Å². The maximum absolute atomic E-state index is 12.6. The Morgan fingerprint density at radius 2 is 1.96 bits per heavy atom. The molecule has 2 atom stereocenters. The van der Waals surface area contributed by atoms with E-state index in [9.17, 15) is 13.5 Å². The minimum absolute atomic E-state index is 0.147. The van der Waals surface area contributed by atoms with Crippen molar-refractivity contribution in [2.45, 2.75) is 50.7 Å². The van der Waals surface area contributed by atoms with Gasteiger partial charge in [0.2, 0.25) is 10.0 Å². The molecule has 5 nitrogen and oxygen atoms in total. The summed E-state index contributed by atoms with van der Waals surface area (Å²) in [6.45, 7) is 8.20. The monoisotopic (exact) mass is 340 g/mol. The van der Waals surface area contributed by atoms with Crippen molar-refractivity contribution in [3.05, 3.63) is 29.8 Å². The molecule has 1 aliphatic heterocycles. The van der Waals surface area contributed by atoms with Gasteiger partial charge in [-0.25, -0.2) is 13.1 Å². The Kier molecular flexibility index (Phi) is 6.19. The van der Waals surface area contributed by atoms with Crippen LogP contribution >= 0.6 is 0 Å². The van der Waals surface area contributed by atoms with Crippen LogP contribution < -0.4 is 4.72 Å². The Morgan fingerprint density at radius 1 is 1.30 bits per heavy atom. The van der Waals surface area contributed by atoms with Crippen LogP contribution in [-0.4, -0.2) is 50.2 Å². The maximum Gasteiger partial charge on any atom is 0.240 e. The lowest BCUT2D eigenvalue weighted by atomic mass is 10.0. The number of aliphatic hydroxyl groups is 1. The minimum atomic E-state index is -3.52. The standard InChI is InChI=1S/C17H28N2O3S/c1-13(2)10-15(11-19-9-8-16(20)12-19)18-23(21,22)17-6-4-14(3)5-7-17/h4-7,13,15-16,18,20H,8-12H2,1-3H3/t15-,16?/m0/s1. The molecule has 1 aromatic carbocycles. The molecule has 1 unspecified atom stereocenters. The SMILES string of the molecule is Cc1ccc(S(=O)(=O)N[C@@H](CC(C)C)CN2CCC(O)C2)cc1. The van der Waals surface area contributed by atoms with Crippen molar-refractivity contribution in [2.24, 2.45) is 5.92 Å². The highest BCUT2D eigenvalue weighted by Gasteiger charge is 2.26. The first-order valence-corrected chi connectivity index (χ1v) is 9.74. The molecule has 1 aliphatic rings. The van der Waals surface area contributed by atoms with Crippen LogP contribution in [0.1, 0.15) is 32.3 Å². The second-order valence-corrected chi connectivity index (χ2v) is 8.68. The zero-order valence-corrected chi connectivity index (χ0v) is 15.0. The van der Waals surface area contributed by atoms with Crippen LogP contribution in [0.15, 0.2) is 29.2 Å². The highest BCUT2D eigenvalue weighted by atomic mass is 32.2. The zero-order chi connectivity index (χ0) is 17.0. The molecule has 1 fully saturated rings. The summed E-state index contributed by atoms with van der Waals surface area (Å²) in [6.07, 6.45) is 1.25. The maximum atomic E-state index is 12.6. The molecular weight excluding hydrogens is 312 g/mol. The molecular formula is C17H28N2O3S. The van der Waals surface area contributed by atoms with Gasteiger partial charge in [-0.15, -0.1) is 0 Å². The predicted molar refractivity (Wildman–Crippen MR) is 91.8 cm³/mol. The van der Waals surface area contributed by atoms with Crippen molar-refractivity contribution in [3.8, 4) is 0 Å². The fourth-order valence-electron chi connectivity index (χ4n) is 3.02. The van der Waals surface area contributed by atoms with Crippen molar-refractivity contribution in [1.29, 1.82) is 0 Å². The van der Waals surface area contributed by atoms with Gasteiger partial charge in [0.25, 0.3) is 0 Å². The summed E-state index contributed by atoms with van der Waals surface area (Å²) in [5, 5.41) is 9.65. The molecule has 1 saturated heterocycles. The first-order chi connectivity index (χ1) is 10.8. The molecule has 1 aromatic rings. The smallest absolute Gasteiger partial charge is 0.240 e. The lowest BCUT2D eigenvalue weighted by molar-refractivity contribution is 0.172. The third-order valence-corrected chi connectivity index (χ3v) is 5.67. The summed E-state index contributed by atoms with van der Waals surface area (Å²) >= 11 is 0. The number of benzene rings is 1. The number of nitrogens with zero attached hydrogens (tertiary/aromatic N) is 1. The first kappa shape index (κ1) is 18.4. The molecule has 0 radical (unpaired) electrons. The Bertz CT molecular complexity index is 599. The van der Waals surface area contributed by atoms with Gasteiger partial charge in [-0.1, -0.05) is 31.5 Å². The van der Waals surface area contributed by atoms with E-state index >= 15 is 0 Å². The van der Waals surface area contributed by atoms with Gasteiger partial charge in [0.15, 0.2) is 0 Å². The molecule has 0 aromatic heterocycles. The lowest BCUT2D eigenvalue weighted by Crippen LogP contribution is -2.44. The number of sulfonamides is 1. The van der Waals surface area contributed by atoms with E-state index in [2.05, 4.69) is 23.5 Å². The van der Waals surface area contributed by atoms with Crippen LogP contribution in [0.4, 0.5) is 0 Å². The van der Waals surface area contributed by atoms with Gasteiger partial charge in [0.05, 0.1) is 11.0 Å². The Morgan fingerprint density at radius 3 is 2.48 bits per heavy atom. The number of likely N-dealkylation sites (tertiary alicyclic amines) is 1. The number of rotatable bonds is 7. The lowest BCUT2D eigenvalue weighted by Gasteiger charge is -2.25. The highest BCUT2D eigenvalue weighted by molar-refractivity contribution is 7.89.